The molecule has 38 heavy (non-hydrogen) atoms. The normalized spacial score (nSPS) is 15.9. The van der Waals surface area contributed by atoms with E-state index < -0.39 is 25.9 Å². The highest BCUT2D eigenvalue weighted by molar-refractivity contribution is 7.85. The zero-order valence-corrected chi connectivity index (χ0v) is 21.8. The molecule has 0 unspecified atom stereocenters. The topological polar surface area (TPSA) is 134 Å². The van der Waals surface area contributed by atoms with Gasteiger partial charge in [-0.3, -0.25) is 24.6 Å². The third-order valence-electron chi connectivity index (χ3n) is 6.93. The van der Waals surface area contributed by atoms with Gasteiger partial charge in [-0.05, 0) is 43.5 Å². The van der Waals surface area contributed by atoms with Crippen molar-refractivity contribution in [3.63, 3.8) is 0 Å². The van der Waals surface area contributed by atoms with Crippen LogP contribution in [0.4, 0.5) is 5.69 Å². The van der Waals surface area contributed by atoms with E-state index in [4.69, 9.17) is 9.73 Å². The Kier molecular flexibility index (Phi) is 6.85. The van der Waals surface area contributed by atoms with Gasteiger partial charge in [-0.2, -0.15) is 13.5 Å². The highest BCUT2D eigenvalue weighted by Crippen LogP contribution is 2.25. The van der Waals surface area contributed by atoms with Gasteiger partial charge in [0.15, 0.2) is 10.9 Å². The number of ether oxygens (including phenoxy) is 1. The zero-order chi connectivity index (χ0) is 27.0. The number of nitrogens with one attached hydrogen (secondary N) is 1. The molecule has 0 atom stereocenters. The van der Waals surface area contributed by atoms with Crippen LogP contribution < -0.4 is 31.7 Å². The monoisotopic (exact) mass is 533 g/mol. The molecule has 0 aromatic heterocycles. The summed E-state index contributed by atoms with van der Waals surface area (Å²) in [5.74, 6) is 0.429. The number of aryl methyl sites for hydroxylation is 1. The third-order valence-corrected chi connectivity index (χ3v) is 7.80. The first-order valence-corrected chi connectivity index (χ1v) is 13.8. The van der Waals surface area contributed by atoms with E-state index in [2.05, 4.69) is 10.5 Å². The van der Waals surface area contributed by atoms with Crippen LogP contribution in [-0.2, 0) is 10.1 Å². The Bertz CT molecular complexity index is 1960. The van der Waals surface area contributed by atoms with Crippen LogP contribution in [0, 0.1) is 17.4 Å². The van der Waals surface area contributed by atoms with Crippen LogP contribution >= 0.6 is 0 Å². The summed E-state index contributed by atoms with van der Waals surface area (Å²) >= 11 is 0. The van der Waals surface area contributed by atoms with Crippen molar-refractivity contribution < 1.29 is 17.7 Å². The molecular weight excluding hydrogens is 506 g/mol. The highest BCUT2D eigenvalue weighted by atomic mass is 32.2. The maximum Gasteiger partial charge on any atom is 0.296 e. The first kappa shape index (κ1) is 25.7. The summed E-state index contributed by atoms with van der Waals surface area (Å²) in [6, 6.07) is 12.7. The van der Waals surface area contributed by atoms with Crippen molar-refractivity contribution >= 4 is 26.6 Å². The lowest BCUT2D eigenvalue weighted by molar-refractivity contribution is 0.416. The third kappa shape index (κ3) is 4.72. The molecule has 196 valence electrons. The first-order valence-electron chi connectivity index (χ1n) is 12.4. The molecule has 2 aromatic rings. The van der Waals surface area contributed by atoms with Crippen molar-refractivity contribution in [3.05, 3.63) is 95.7 Å². The van der Waals surface area contributed by atoms with Crippen LogP contribution in [0.25, 0.3) is 10.8 Å². The molecule has 1 saturated carbocycles. The second-order valence-corrected chi connectivity index (χ2v) is 10.9. The number of benzene rings is 2. The van der Waals surface area contributed by atoms with Gasteiger partial charge in [-0.25, -0.2) is 0 Å². The van der Waals surface area contributed by atoms with E-state index >= 15 is 0 Å². The molecule has 0 bridgehead atoms. The van der Waals surface area contributed by atoms with E-state index in [-0.39, 0.29) is 38.0 Å². The van der Waals surface area contributed by atoms with Crippen molar-refractivity contribution in [1.29, 1.82) is 0 Å². The largest absolute Gasteiger partial charge is 0.495 e. The van der Waals surface area contributed by atoms with Gasteiger partial charge < -0.3 is 4.74 Å². The Hall–Kier alpha value is -3.89. The lowest BCUT2D eigenvalue weighted by Gasteiger charge is -2.17. The van der Waals surface area contributed by atoms with E-state index in [1.165, 1.54) is 13.2 Å². The lowest BCUT2D eigenvalue weighted by atomic mass is 9.96. The second kappa shape index (κ2) is 10.1. The maximum atomic E-state index is 13.8. The first-order chi connectivity index (χ1) is 18.2. The maximum absolute atomic E-state index is 13.8. The molecule has 0 amide bonds. The van der Waals surface area contributed by atoms with Crippen LogP contribution in [0.1, 0.15) is 37.7 Å². The predicted octanol–water partition coefficient (Wildman–Crippen LogP) is 2.89. The van der Waals surface area contributed by atoms with Crippen LogP contribution in [0.15, 0.2) is 73.1 Å². The smallest absolute Gasteiger partial charge is 0.296 e. The SMILES string of the molecule is COc1ccc(C)cc1NN=c1c(S(=O)(=O)O)cc(=NC2CCCCC2)c2c(=O)c3ccccc3c(=O)c1=2. The van der Waals surface area contributed by atoms with Gasteiger partial charge in [0.05, 0.1) is 34.6 Å². The van der Waals surface area contributed by atoms with Gasteiger partial charge in [0.1, 0.15) is 16.0 Å². The highest BCUT2D eigenvalue weighted by Gasteiger charge is 2.21. The Morgan fingerprint density at radius 3 is 2.24 bits per heavy atom. The molecule has 0 aliphatic heterocycles. The molecule has 0 radical (unpaired) electrons. The minimum Gasteiger partial charge on any atom is -0.495 e. The van der Waals surface area contributed by atoms with Crippen LogP contribution in [0.2, 0.25) is 0 Å². The van der Waals surface area contributed by atoms with Crippen molar-refractivity contribution in [2.24, 2.45) is 10.1 Å². The van der Waals surface area contributed by atoms with Crippen molar-refractivity contribution in [2.75, 3.05) is 12.5 Å². The van der Waals surface area contributed by atoms with Gasteiger partial charge in [0, 0.05) is 10.8 Å². The predicted molar refractivity (Wildman–Crippen MR) is 143 cm³/mol. The summed E-state index contributed by atoms with van der Waals surface area (Å²) < 4.78 is 40.8. The van der Waals surface area contributed by atoms with Crippen LogP contribution in [-0.4, -0.2) is 26.1 Å². The van der Waals surface area contributed by atoms with E-state index in [9.17, 15) is 22.6 Å². The summed E-state index contributed by atoms with van der Waals surface area (Å²) in [4.78, 5) is 31.7. The quantitative estimate of drug-likeness (QED) is 0.298. The van der Waals surface area contributed by atoms with Gasteiger partial charge >= 0.3 is 0 Å². The molecular formula is C28H27N3O6S. The molecule has 1 fully saturated rings. The fraction of sp³-hybridized carbons (Fsp3) is 0.286. The van der Waals surface area contributed by atoms with E-state index in [0.717, 1.165) is 43.7 Å². The summed E-state index contributed by atoms with van der Waals surface area (Å²) in [5, 5.41) is 4.10. The van der Waals surface area contributed by atoms with Gasteiger partial charge in [0.2, 0.25) is 0 Å². The summed E-state index contributed by atoms with van der Waals surface area (Å²) in [6.45, 7) is 1.86. The number of fused-ring (bicyclic) bond motifs is 1. The molecule has 2 N–H and O–H groups in total. The summed E-state index contributed by atoms with van der Waals surface area (Å²) in [7, 11) is -3.39. The van der Waals surface area contributed by atoms with Gasteiger partial charge in [-0.15, -0.1) is 0 Å². The number of hydrogen-bond donors (Lipinski definition) is 2. The molecule has 9 nitrogen and oxygen atoms in total. The van der Waals surface area contributed by atoms with Crippen LogP contribution in [0.3, 0.4) is 0 Å². The van der Waals surface area contributed by atoms with Gasteiger partial charge in [-0.1, -0.05) is 49.6 Å². The molecule has 10 heteroatoms. The standard InChI is InChI=1S/C28H27N3O6S/c1-16-12-13-22(37-2)20(14-16)30-31-26-23(38(34,35)36)15-21(29-17-8-4-3-5-9-17)24-25(26)28(33)19-11-7-6-10-18(19)27(24)32/h6-7,10-15,17,30H,3-5,8-9H2,1-2H3,(H,34,35,36). The average molecular weight is 534 g/mol. The van der Waals surface area contributed by atoms with Crippen molar-refractivity contribution in [2.45, 2.75) is 50.0 Å². The molecule has 0 saturated heterocycles. The molecule has 3 aliphatic carbocycles. The lowest BCUT2D eigenvalue weighted by Crippen LogP contribution is -2.34. The second-order valence-electron chi connectivity index (χ2n) is 9.52. The fourth-order valence-corrected chi connectivity index (χ4v) is 5.73. The fourth-order valence-electron chi connectivity index (χ4n) is 5.08. The van der Waals surface area contributed by atoms with E-state index in [0.29, 0.717) is 11.4 Å². The Morgan fingerprint density at radius 2 is 1.61 bits per heavy atom. The van der Waals surface area contributed by atoms with Crippen molar-refractivity contribution in [1.82, 2.24) is 0 Å². The minimum atomic E-state index is -4.87. The van der Waals surface area contributed by atoms with Gasteiger partial charge in [0.25, 0.3) is 10.1 Å². The van der Waals surface area contributed by atoms with E-state index in [1.807, 2.05) is 13.0 Å². The number of nitrogens with zero attached hydrogens (tertiary/aromatic N) is 2. The molecule has 5 rings (SSSR count). The van der Waals surface area contributed by atoms with Crippen molar-refractivity contribution in [3.8, 4) is 5.75 Å². The summed E-state index contributed by atoms with van der Waals surface area (Å²) in [6.07, 6.45) is 4.59. The zero-order valence-electron chi connectivity index (χ0n) is 21.0. The molecule has 2 aromatic carbocycles. The minimum absolute atomic E-state index is 0.0107. The Morgan fingerprint density at radius 1 is 0.947 bits per heavy atom. The molecule has 0 heterocycles. The number of anilines is 1. The molecule has 3 aliphatic rings. The Balaban J connectivity index is 1.98. The summed E-state index contributed by atoms with van der Waals surface area (Å²) in [5.41, 5.74) is 3.04. The number of rotatable bonds is 5. The molecule has 0 spiro atoms. The number of hydrogen-bond acceptors (Lipinski definition) is 8. The van der Waals surface area contributed by atoms with Crippen LogP contribution in [0.5, 0.6) is 5.75 Å². The Labute approximate surface area is 218 Å². The van der Waals surface area contributed by atoms with E-state index in [1.54, 1.807) is 30.3 Å². The number of methoxy groups -OCH3 is 1. The average Bonchev–Trinajstić information content (AvgIpc) is 2.90.